The summed E-state index contributed by atoms with van der Waals surface area (Å²) >= 11 is 0. The van der Waals surface area contributed by atoms with Crippen molar-refractivity contribution < 1.29 is 24.0 Å². The molecule has 7 heteroatoms. The Morgan fingerprint density at radius 3 is 2.48 bits per heavy atom. The summed E-state index contributed by atoms with van der Waals surface area (Å²) in [6, 6.07) is 5.87. The molecule has 138 valence electrons. The van der Waals surface area contributed by atoms with Gasteiger partial charge in [-0.2, -0.15) is 0 Å². The van der Waals surface area contributed by atoms with Gasteiger partial charge >= 0.3 is 11.9 Å². The molecule has 1 aromatic carbocycles. The molecule has 0 aliphatic carbocycles. The Kier molecular flexibility index (Phi) is 8.60. The van der Waals surface area contributed by atoms with Crippen molar-refractivity contribution in [2.75, 3.05) is 0 Å². The molecule has 1 unspecified atom stereocenters. The highest BCUT2D eigenvalue weighted by atomic mass is 16.6. The van der Waals surface area contributed by atoms with E-state index in [1.807, 2.05) is 20.8 Å². The zero-order valence-electron chi connectivity index (χ0n) is 14.9. The standard InChI is InChI=1S/C18H25NO6/c1-4-6-16(13(2)3)25-18(21)10-9-17(20)24-12-14-7-5-8-15(11-14)19(22)23/h5,7-8,11,13,16H,4,6,9-10,12H2,1-3H3. The fraction of sp³-hybridized carbons (Fsp3) is 0.556. The summed E-state index contributed by atoms with van der Waals surface area (Å²) in [7, 11) is 0. The SMILES string of the molecule is CCCC(OC(=O)CCC(=O)OCc1cccc([N+](=O)[O-])c1)C(C)C. The first-order valence-corrected chi connectivity index (χ1v) is 8.42. The third kappa shape index (κ3) is 7.78. The van der Waals surface area contributed by atoms with Crippen LogP contribution in [0.2, 0.25) is 0 Å². The fourth-order valence-electron chi connectivity index (χ4n) is 2.24. The molecule has 0 aromatic heterocycles. The molecule has 0 aliphatic rings. The molecule has 0 saturated heterocycles. The lowest BCUT2D eigenvalue weighted by atomic mass is 10.0. The minimum atomic E-state index is -0.542. The molecule has 0 aliphatic heterocycles. The Bertz CT molecular complexity index is 599. The Balaban J connectivity index is 2.38. The lowest BCUT2D eigenvalue weighted by Gasteiger charge is -2.20. The molecule has 0 amide bonds. The first-order chi connectivity index (χ1) is 11.8. The van der Waals surface area contributed by atoms with Gasteiger partial charge in [-0.15, -0.1) is 0 Å². The van der Waals surface area contributed by atoms with E-state index in [-0.39, 0.29) is 37.2 Å². The Morgan fingerprint density at radius 2 is 1.88 bits per heavy atom. The predicted molar refractivity (Wildman–Crippen MR) is 91.8 cm³/mol. The van der Waals surface area contributed by atoms with Gasteiger partial charge in [-0.3, -0.25) is 19.7 Å². The molecular formula is C18H25NO6. The number of hydrogen-bond acceptors (Lipinski definition) is 6. The number of rotatable bonds is 10. The van der Waals surface area contributed by atoms with Crippen LogP contribution in [-0.2, 0) is 25.7 Å². The second-order valence-corrected chi connectivity index (χ2v) is 6.15. The van der Waals surface area contributed by atoms with Crippen LogP contribution in [0.25, 0.3) is 0 Å². The van der Waals surface area contributed by atoms with Gasteiger partial charge < -0.3 is 9.47 Å². The minimum Gasteiger partial charge on any atom is -0.462 e. The Labute approximate surface area is 147 Å². The molecule has 0 saturated carbocycles. The molecule has 1 atom stereocenters. The number of carbonyl (C=O) groups excluding carboxylic acids is 2. The van der Waals surface area contributed by atoms with Crippen molar-refractivity contribution in [3.05, 3.63) is 39.9 Å². The lowest BCUT2D eigenvalue weighted by molar-refractivity contribution is -0.384. The lowest BCUT2D eigenvalue weighted by Crippen LogP contribution is -2.24. The first kappa shape index (κ1) is 20.6. The van der Waals surface area contributed by atoms with Crippen LogP contribution in [-0.4, -0.2) is 23.0 Å². The Hall–Kier alpha value is -2.44. The number of nitrogens with zero attached hydrogens (tertiary/aromatic N) is 1. The van der Waals surface area contributed by atoms with Crippen LogP contribution in [0, 0.1) is 16.0 Å². The maximum Gasteiger partial charge on any atom is 0.306 e. The number of hydrogen-bond donors (Lipinski definition) is 0. The highest BCUT2D eigenvalue weighted by Crippen LogP contribution is 2.15. The molecule has 25 heavy (non-hydrogen) atoms. The summed E-state index contributed by atoms with van der Waals surface area (Å²) in [6.45, 7) is 5.93. The van der Waals surface area contributed by atoms with E-state index in [0.717, 1.165) is 12.8 Å². The van der Waals surface area contributed by atoms with Crippen LogP contribution in [0.5, 0.6) is 0 Å². The van der Waals surface area contributed by atoms with Crippen molar-refractivity contribution in [1.82, 2.24) is 0 Å². The van der Waals surface area contributed by atoms with Crippen LogP contribution in [0.3, 0.4) is 0 Å². The molecule has 0 spiro atoms. The van der Waals surface area contributed by atoms with Crippen molar-refractivity contribution in [3.63, 3.8) is 0 Å². The summed E-state index contributed by atoms with van der Waals surface area (Å²) in [5.41, 5.74) is 0.459. The summed E-state index contributed by atoms with van der Waals surface area (Å²) in [5.74, 6) is -0.732. The van der Waals surface area contributed by atoms with Crippen LogP contribution in [0.1, 0.15) is 52.0 Å². The molecule has 0 bridgehead atoms. The van der Waals surface area contributed by atoms with Gasteiger partial charge in [-0.1, -0.05) is 39.3 Å². The molecule has 0 fully saturated rings. The van der Waals surface area contributed by atoms with E-state index < -0.39 is 16.9 Å². The van der Waals surface area contributed by atoms with Crippen LogP contribution < -0.4 is 0 Å². The molecule has 7 nitrogen and oxygen atoms in total. The second-order valence-electron chi connectivity index (χ2n) is 6.15. The summed E-state index contributed by atoms with van der Waals surface area (Å²) < 4.78 is 10.4. The van der Waals surface area contributed by atoms with E-state index in [1.165, 1.54) is 18.2 Å². The largest absolute Gasteiger partial charge is 0.462 e. The zero-order chi connectivity index (χ0) is 18.8. The average Bonchev–Trinajstić information content (AvgIpc) is 2.57. The molecule has 1 rings (SSSR count). The molecule has 0 N–H and O–H groups in total. The topological polar surface area (TPSA) is 95.7 Å². The number of nitro groups is 1. The minimum absolute atomic E-state index is 0.0410. The Morgan fingerprint density at radius 1 is 1.20 bits per heavy atom. The van der Waals surface area contributed by atoms with Gasteiger partial charge in [-0.05, 0) is 17.9 Å². The molecule has 0 radical (unpaired) electrons. The number of carbonyl (C=O) groups is 2. The average molecular weight is 351 g/mol. The van der Waals surface area contributed by atoms with Crippen LogP contribution in [0.4, 0.5) is 5.69 Å². The van der Waals surface area contributed by atoms with E-state index in [0.29, 0.717) is 5.56 Å². The summed E-state index contributed by atoms with van der Waals surface area (Å²) in [6.07, 6.45) is 1.45. The summed E-state index contributed by atoms with van der Waals surface area (Å²) in [5, 5.41) is 10.7. The highest BCUT2D eigenvalue weighted by Gasteiger charge is 2.18. The fourth-order valence-corrected chi connectivity index (χ4v) is 2.24. The number of benzene rings is 1. The third-order valence-electron chi connectivity index (χ3n) is 3.65. The van der Waals surface area contributed by atoms with Crippen molar-refractivity contribution in [2.45, 2.75) is 59.2 Å². The van der Waals surface area contributed by atoms with Gasteiger partial charge in [0.05, 0.1) is 17.8 Å². The van der Waals surface area contributed by atoms with Crippen molar-refractivity contribution in [3.8, 4) is 0 Å². The number of esters is 2. The number of ether oxygens (including phenoxy) is 2. The van der Waals surface area contributed by atoms with Crippen molar-refractivity contribution in [2.24, 2.45) is 5.92 Å². The van der Waals surface area contributed by atoms with Gasteiger partial charge in [0, 0.05) is 12.1 Å². The quantitative estimate of drug-likeness (QED) is 0.361. The monoisotopic (exact) mass is 351 g/mol. The van der Waals surface area contributed by atoms with Crippen LogP contribution in [0.15, 0.2) is 24.3 Å². The van der Waals surface area contributed by atoms with Gasteiger partial charge in [0.2, 0.25) is 0 Å². The van der Waals surface area contributed by atoms with Crippen molar-refractivity contribution >= 4 is 17.6 Å². The van der Waals surface area contributed by atoms with E-state index in [2.05, 4.69) is 0 Å². The summed E-state index contributed by atoms with van der Waals surface area (Å²) in [4.78, 5) is 33.7. The van der Waals surface area contributed by atoms with E-state index in [9.17, 15) is 19.7 Å². The predicted octanol–water partition coefficient (Wildman–Crippen LogP) is 3.79. The van der Waals surface area contributed by atoms with Gasteiger partial charge in [-0.25, -0.2) is 0 Å². The highest BCUT2D eigenvalue weighted by molar-refractivity contribution is 5.77. The van der Waals surface area contributed by atoms with Gasteiger partial charge in [0.1, 0.15) is 12.7 Å². The van der Waals surface area contributed by atoms with Crippen LogP contribution >= 0.6 is 0 Å². The van der Waals surface area contributed by atoms with Crippen molar-refractivity contribution in [1.29, 1.82) is 0 Å². The van der Waals surface area contributed by atoms with E-state index in [1.54, 1.807) is 6.07 Å². The van der Waals surface area contributed by atoms with Gasteiger partial charge in [0.15, 0.2) is 0 Å². The number of nitro benzene ring substituents is 1. The smallest absolute Gasteiger partial charge is 0.306 e. The molecule has 1 aromatic rings. The normalized spacial score (nSPS) is 11.8. The zero-order valence-corrected chi connectivity index (χ0v) is 14.9. The van der Waals surface area contributed by atoms with Gasteiger partial charge in [0.25, 0.3) is 5.69 Å². The molecular weight excluding hydrogens is 326 g/mol. The van der Waals surface area contributed by atoms with E-state index >= 15 is 0 Å². The first-order valence-electron chi connectivity index (χ1n) is 8.42. The second kappa shape index (κ2) is 10.4. The maximum atomic E-state index is 11.8. The van der Waals surface area contributed by atoms with E-state index in [4.69, 9.17) is 9.47 Å². The third-order valence-corrected chi connectivity index (χ3v) is 3.65. The maximum absolute atomic E-state index is 11.8. The number of non-ortho nitro benzene ring substituents is 1. The molecule has 0 heterocycles.